The van der Waals surface area contributed by atoms with Crippen molar-refractivity contribution >= 4 is 0 Å². The van der Waals surface area contributed by atoms with Crippen LogP contribution in [-0.4, -0.2) is 19.7 Å². The standard InChI is InChI=1S/C14H22N2O/c1-2-17-13-6-4-3-5-12(13)14(15)11-7-9-16-10-8-11/h3-6,11,14,16H,2,7-10,15H2,1H3/t14-/m1/s1. The number of hydrogen-bond acceptors (Lipinski definition) is 3. The predicted octanol–water partition coefficient (Wildman–Crippen LogP) is 2.08. The van der Waals surface area contributed by atoms with Crippen molar-refractivity contribution in [3.8, 4) is 5.75 Å². The van der Waals surface area contributed by atoms with E-state index in [1.54, 1.807) is 0 Å². The summed E-state index contributed by atoms with van der Waals surface area (Å²) in [5.74, 6) is 1.51. The molecule has 0 unspecified atom stereocenters. The Bertz CT molecular complexity index is 348. The summed E-state index contributed by atoms with van der Waals surface area (Å²) in [6.45, 7) is 4.85. The number of rotatable bonds is 4. The Kier molecular flexibility index (Phi) is 4.40. The Balaban J connectivity index is 2.14. The van der Waals surface area contributed by atoms with E-state index < -0.39 is 0 Å². The molecule has 0 saturated carbocycles. The van der Waals surface area contributed by atoms with Crippen LogP contribution in [0.2, 0.25) is 0 Å². The normalized spacial score (nSPS) is 18.9. The lowest BCUT2D eigenvalue weighted by molar-refractivity contribution is 0.301. The summed E-state index contributed by atoms with van der Waals surface area (Å²) in [6.07, 6.45) is 2.31. The van der Waals surface area contributed by atoms with E-state index >= 15 is 0 Å². The molecule has 1 aliphatic heterocycles. The van der Waals surface area contributed by atoms with Crippen LogP contribution < -0.4 is 15.8 Å². The van der Waals surface area contributed by atoms with Gasteiger partial charge in [0.05, 0.1) is 6.61 Å². The van der Waals surface area contributed by atoms with Crippen molar-refractivity contribution in [1.29, 1.82) is 0 Å². The molecule has 2 rings (SSSR count). The minimum absolute atomic E-state index is 0.0971. The molecule has 94 valence electrons. The summed E-state index contributed by atoms with van der Waals surface area (Å²) in [4.78, 5) is 0. The highest BCUT2D eigenvalue weighted by Gasteiger charge is 2.23. The van der Waals surface area contributed by atoms with E-state index in [1.807, 2.05) is 25.1 Å². The minimum Gasteiger partial charge on any atom is -0.494 e. The van der Waals surface area contributed by atoms with Gasteiger partial charge in [-0.2, -0.15) is 0 Å². The lowest BCUT2D eigenvalue weighted by Crippen LogP contribution is -2.33. The van der Waals surface area contributed by atoms with Crippen molar-refractivity contribution in [2.24, 2.45) is 11.7 Å². The van der Waals surface area contributed by atoms with Gasteiger partial charge in [-0.3, -0.25) is 0 Å². The van der Waals surface area contributed by atoms with Crippen LogP contribution in [0.25, 0.3) is 0 Å². The van der Waals surface area contributed by atoms with Gasteiger partial charge in [0.1, 0.15) is 5.75 Å². The summed E-state index contributed by atoms with van der Waals surface area (Å²) in [6, 6.07) is 8.25. The maximum absolute atomic E-state index is 6.39. The smallest absolute Gasteiger partial charge is 0.124 e. The quantitative estimate of drug-likeness (QED) is 0.838. The van der Waals surface area contributed by atoms with E-state index in [0.717, 1.165) is 37.2 Å². The second-order valence-corrected chi connectivity index (χ2v) is 4.58. The van der Waals surface area contributed by atoms with Crippen LogP contribution in [0.5, 0.6) is 5.75 Å². The maximum Gasteiger partial charge on any atom is 0.124 e. The van der Waals surface area contributed by atoms with Crippen molar-refractivity contribution in [2.75, 3.05) is 19.7 Å². The maximum atomic E-state index is 6.39. The molecule has 1 aromatic carbocycles. The molecule has 0 aliphatic carbocycles. The Morgan fingerprint density at radius 3 is 2.76 bits per heavy atom. The monoisotopic (exact) mass is 234 g/mol. The Morgan fingerprint density at radius 1 is 1.35 bits per heavy atom. The highest BCUT2D eigenvalue weighted by molar-refractivity contribution is 5.36. The van der Waals surface area contributed by atoms with Crippen molar-refractivity contribution in [3.05, 3.63) is 29.8 Å². The molecule has 17 heavy (non-hydrogen) atoms. The van der Waals surface area contributed by atoms with Gasteiger partial charge in [0, 0.05) is 11.6 Å². The van der Waals surface area contributed by atoms with Crippen LogP contribution >= 0.6 is 0 Å². The third-order valence-electron chi connectivity index (χ3n) is 3.47. The van der Waals surface area contributed by atoms with Gasteiger partial charge in [-0.1, -0.05) is 18.2 Å². The van der Waals surface area contributed by atoms with Crippen LogP contribution in [0.3, 0.4) is 0 Å². The fraction of sp³-hybridized carbons (Fsp3) is 0.571. The number of nitrogens with one attached hydrogen (secondary N) is 1. The van der Waals surface area contributed by atoms with Gasteiger partial charge in [-0.05, 0) is 44.8 Å². The van der Waals surface area contributed by atoms with Gasteiger partial charge in [0.25, 0.3) is 0 Å². The molecule has 1 saturated heterocycles. The van der Waals surface area contributed by atoms with Crippen LogP contribution in [0.15, 0.2) is 24.3 Å². The van der Waals surface area contributed by atoms with Crippen molar-refractivity contribution in [2.45, 2.75) is 25.8 Å². The fourth-order valence-corrected chi connectivity index (χ4v) is 2.50. The molecule has 3 heteroatoms. The third kappa shape index (κ3) is 2.99. The van der Waals surface area contributed by atoms with E-state index in [1.165, 1.54) is 0 Å². The van der Waals surface area contributed by atoms with Gasteiger partial charge in [-0.25, -0.2) is 0 Å². The highest BCUT2D eigenvalue weighted by Crippen LogP contribution is 2.32. The molecule has 0 bridgehead atoms. The molecule has 1 heterocycles. The second-order valence-electron chi connectivity index (χ2n) is 4.58. The van der Waals surface area contributed by atoms with Crippen molar-refractivity contribution in [3.63, 3.8) is 0 Å². The Hall–Kier alpha value is -1.06. The molecular weight excluding hydrogens is 212 g/mol. The molecule has 0 spiro atoms. The first-order valence-electron chi connectivity index (χ1n) is 6.51. The van der Waals surface area contributed by atoms with Crippen molar-refractivity contribution < 1.29 is 4.74 Å². The third-order valence-corrected chi connectivity index (χ3v) is 3.47. The molecule has 1 atom stereocenters. The average molecular weight is 234 g/mol. The summed E-state index contributed by atoms with van der Waals surface area (Å²) in [5, 5.41) is 3.37. The fourth-order valence-electron chi connectivity index (χ4n) is 2.50. The van der Waals surface area contributed by atoms with E-state index in [2.05, 4.69) is 11.4 Å². The van der Waals surface area contributed by atoms with Gasteiger partial charge in [0.2, 0.25) is 0 Å². The lowest BCUT2D eigenvalue weighted by Gasteiger charge is -2.29. The molecule has 3 N–H and O–H groups in total. The topological polar surface area (TPSA) is 47.3 Å². The van der Waals surface area contributed by atoms with E-state index in [4.69, 9.17) is 10.5 Å². The van der Waals surface area contributed by atoms with Gasteiger partial charge in [0.15, 0.2) is 0 Å². The Morgan fingerprint density at radius 2 is 2.06 bits per heavy atom. The molecule has 0 radical (unpaired) electrons. The first kappa shape index (κ1) is 12.4. The summed E-state index contributed by atoms with van der Waals surface area (Å²) in [7, 11) is 0. The zero-order valence-electron chi connectivity index (χ0n) is 10.5. The molecule has 0 amide bonds. The molecule has 0 aromatic heterocycles. The van der Waals surface area contributed by atoms with Gasteiger partial charge >= 0.3 is 0 Å². The molecule has 1 fully saturated rings. The highest BCUT2D eigenvalue weighted by atomic mass is 16.5. The summed E-state index contributed by atoms with van der Waals surface area (Å²) >= 11 is 0. The molecule has 1 aromatic rings. The predicted molar refractivity (Wildman–Crippen MR) is 70.1 cm³/mol. The summed E-state index contributed by atoms with van der Waals surface area (Å²) < 4.78 is 5.65. The average Bonchev–Trinajstić information content (AvgIpc) is 2.40. The SMILES string of the molecule is CCOc1ccccc1[C@H](N)C1CCNCC1. The van der Waals surface area contributed by atoms with Crippen LogP contribution in [0.4, 0.5) is 0 Å². The van der Waals surface area contributed by atoms with E-state index in [9.17, 15) is 0 Å². The number of nitrogens with two attached hydrogens (primary N) is 1. The van der Waals surface area contributed by atoms with Crippen LogP contribution in [0.1, 0.15) is 31.4 Å². The Labute approximate surface area is 103 Å². The number of piperidine rings is 1. The lowest BCUT2D eigenvalue weighted by atomic mass is 9.86. The van der Waals surface area contributed by atoms with Crippen LogP contribution in [-0.2, 0) is 0 Å². The first-order valence-corrected chi connectivity index (χ1v) is 6.51. The van der Waals surface area contributed by atoms with E-state index in [0.29, 0.717) is 12.5 Å². The number of para-hydroxylation sites is 1. The van der Waals surface area contributed by atoms with Gasteiger partial charge < -0.3 is 15.8 Å². The van der Waals surface area contributed by atoms with E-state index in [-0.39, 0.29) is 6.04 Å². The molecule has 3 nitrogen and oxygen atoms in total. The molecular formula is C14H22N2O. The van der Waals surface area contributed by atoms with Crippen molar-refractivity contribution in [1.82, 2.24) is 5.32 Å². The van der Waals surface area contributed by atoms with Gasteiger partial charge in [-0.15, -0.1) is 0 Å². The first-order chi connectivity index (χ1) is 8.33. The largest absolute Gasteiger partial charge is 0.494 e. The number of benzene rings is 1. The minimum atomic E-state index is 0.0971. The van der Waals surface area contributed by atoms with Crippen LogP contribution in [0, 0.1) is 5.92 Å². The summed E-state index contributed by atoms with van der Waals surface area (Å²) in [5.41, 5.74) is 7.55. The number of ether oxygens (including phenoxy) is 1. The zero-order chi connectivity index (χ0) is 12.1. The number of hydrogen-bond donors (Lipinski definition) is 2. The zero-order valence-corrected chi connectivity index (χ0v) is 10.5. The second kappa shape index (κ2) is 6.03. The molecule has 1 aliphatic rings.